The van der Waals surface area contributed by atoms with E-state index >= 15 is 0 Å². The fourth-order valence-electron chi connectivity index (χ4n) is 1.37. The molecule has 0 aliphatic heterocycles. The number of primary amides is 1. The van der Waals surface area contributed by atoms with Crippen molar-refractivity contribution in [2.75, 3.05) is 0 Å². The standard InChI is InChI=1S/C11H12N2O4/c12-5-7-3-6(1-2-8(7)14)11(17)9(15)4-10(13)16/h1-3,9,11,14-15,17H,4H2,(H2,13,16). The Hall–Kier alpha value is -2.10. The van der Waals surface area contributed by atoms with E-state index in [4.69, 9.17) is 11.0 Å². The van der Waals surface area contributed by atoms with Crippen molar-refractivity contribution in [3.8, 4) is 11.8 Å². The van der Waals surface area contributed by atoms with E-state index in [9.17, 15) is 20.1 Å². The van der Waals surface area contributed by atoms with Gasteiger partial charge in [-0.05, 0) is 17.7 Å². The van der Waals surface area contributed by atoms with E-state index in [1.165, 1.54) is 18.2 Å². The van der Waals surface area contributed by atoms with Crippen LogP contribution in [-0.4, -0.2) is 27.3 Å². The number of carbonyl (C=O) groups is 1. The predicted octanol–water partition coefficient (Wildman–Crippen LogP) is -0.466. The molecule has 17 heavy (non-hydrogen) atoms. The van der Waals surface area contributed by atoms with Crippen LogP contribution in [0.2, 0.25) is 0 Å². The van der Waals surface area contributed by atoms with Crippen molar-refractivity contribution >= 4 is 5.91 Å². The third-order valence-electron chi connectivity index (χ3n) is 2.26. The highest BCUT2D eigenvalue weighted by Gasteiger charge is 2.21. The van der Waals surface area contributed by atoms with Gasteiger partial charge in [0, 0.05) is 0 Å². The highest BCUT2D eigenvalue weighted by molar-refractivity contribution is 5.74. The van der Waals surface area contributed by atoms with Gasteiger partial charge in [-0.25, -0.2) is 0 Å². The number of aliphatic hydroxyl groups is 2. The number of nitrogens with zero attached hydrogens (tertiary/aromatic N) is 1. The molecule has 0 fully saturated rings. The lowest BCUT2D eigenvalue weighted by Gasteiger charge is -2.17. The number of hydrogen-bond acceptors (Lipinski definition) is 5. The second kappa shape index (κ2) is 5.30. The first kappa shape index (κ1) is 13.0. The zero-order chi connectivity index (χ0) is 13.0. The van der Waals surface area contributed by atoms with E-state index in [1.54, 1.807) is 6.07 Å². The summed E-state index contributed by atoms with van der Waals surface area (Å²) in [5, 5.41) is 37.1. The highest BCUT2D eigenvalue weighted by atomic mass is 16.3. The summed E-state index contributed by atoms with van der Waals surface area (Å²) in [4.78, 5) is 10.6. The van der Waals surface area contributed by atoms with Crippen molar-refractivity contribution in [3.63, 3.8) is 0 Å². The Morgan fingerprint density at radius 2 is 2.12 bits per heavy atom. The van der Waals surface area contributed by atoms with Crippen LogP contribution >= 0.6 is 0 Å². The lowest BCUT2D eigenvalue weighted by atomic mass is 10.00. The molecule has 0 aliphatic carbocycles. The number of carbonyl (C=O) groups excluding carboxylic acids is 1. The molecule has 2 unspecified atom stereocenters. The van der Waals surface area contributed by atoms with E-state index in [0.717, 1.165) is 0 Å². The Labute approximate surface area is 97.5 Å². The molecule has 5 N–H and O–H groups in total. The molecule has 0 saturated heterocycles. The summed E-state index contributed by atoms with van der Waals surface area (Å²) in [6.45, 7) is 0. The number of hydrogen-bond donors (Lipinski definition) is 4. The largest absolute Gasteiger partial charge is 0.507 e. The molecule has 1 rings (SSSR count). The van der Waals surface area contributed by atoms with Crippen molar-refractivity contribution in [1.29, 1.82) is 5.26 Å². The van der Waals surface area contributed by atoms with Gasteiger partial charge in [-0.3, -0.25) is 4.79 Å². The maximum absolute atomic E-state index is 10.6. The Morgan fingerprint density at radius 3 is 2.65 bits per heavy atom. The lowest BCUT2D eigenvalue weighted by Crippen LogP contribution is -2.25. The van der Waals surface area contributed by atoms with Gasteiger partial charge in [0.15, 0.2) is 0 Å². The van der Waals surface area contributed by atoms with E-state index in [2.05, 4.69) is 0 Å². The van der Waals surface area contributed by atoms with E-state index in [1.807, 2.05) is 0 Å². The van der Waals surface area contributed by atoms with E-state index in [0.29, 0.717) is 0 Å². The molecule has 0 radical (unpaired) electrons. The first-order valence-electron chi connectivity index (χ1n) is 4.83. The van der Waals surface area contributed by atoms with Gasteiger partial charge in [-0.15, -0.1) is 0 Å². The molecule has 90 valence electrons. The SMILES string of the molecule is N#Cc1cc(C(O)C(O)CC(N)=O)ccc1O. The molecular formula is C11H12N2O4. The monoisotopic (exact) mass is 236 g/mol. The summed E-state index contributed by atoms with van der Waals surface area (Å²) in [6.07, 6.45) is -3.07. The summed E-state index contributed by atoms with van der Waals surface area (Å²) in [5.41, 5.74) is 5.10. The third kappa shape index (κ3) is 3.17. The normalized spacial score (nSPS) is 13.7. The summed E-state index contributed by atoms with van der Waals surface area (Å²) in [5.74, 6) is -0.955. The molecule has 1 aromatic carbocycles. The fraction of sp³-hybridized carbons (Fsp3) is 0.273. The third-order valence-corrected chi connectivity index (χ3v) is 2.26. The van der Waals surface area contributed by atoms with Gasteiger partial charge in [0.25, 0.3) is 0 Å². The topological polar surface area (TPSA) is 128 Å². The number of amides is 1. The number of benzene rings is 1. The van der Waals surface area contributed by atoms with Crippen LogP contribution in [0.1, 0.15) is 23.7 Å². The molecule has 0 aliphatic rings. The van der Waals surface area contributed by atoms with Crippen LogP contribution in [-0.2, 0) is 4.79 Å². The van der Waals surface area contributed by atoms with Crippen LogP contribution in [0.15, 0.2) is 18.2 Å². The smallest absolute Gasteiger partial charge is 0.220 e. The van der Waals surface area contributed by atoms with Crippen LogP contribution in [0.3, 0.4) is 0 Å². The first-order chi connectivity index (χ1) is 7.95. The lowest BCUT2D eigenvalue weighted by molar-refractivity contribution is -0.121. The Kier molecular flexibility index (Phi) is 4.04. The summed E-state index contributed by atoms with van der Waals surface area (Å²) < 4.78 is 0. The fourth-order valence-corrected chi connectivity index (χ4v) is 1.37. The predicted molar refractivity (Wildman–Crippen MR) is 57.6 cm³/mol. The zero-order valence-corrected chi connectivity index (χ0v) is 8.87. The van der Waals surface area contributed by atoms with E-state index in [-0.39, 0.29) is 23.3 Å². The number of nitriles is 1. The van der Waals surface area contributed by atoms with Gasteiger partial charge in [-0.1, -0.05) is 6.07 Å². The quantitative estimate of drug-likeness (QED) is 0.562. The molecular weight excluding hydrogens is 224 g/mol. The number of aromatic hydroxyl groups is 1. The zero-order valence-electron chi connectivity index (χ0n) is 8.87. The van der Waals surface area contributed by atoms with Gasteiger partial charge >= 0.3 is 0 Å². The minimum atomic E-state index is -1.34. The minimum Gasteiger partial charge on any atom is -0.507 e. The molecule has 0 saturated carbocycles. The second-order valence-corrected chi connectivity index (χ2v) is 3.57. The minimum absolute atomic E-state index is 0.0205. The van der Waals surface area contributed by atoms with Crippen molar-refractivity contribution in [2.24, 2.45) is 5.73 Å². The summed E-state index contributed by atoms with van der Waals surface area (Å²) in [6, 6.07) is 5.56. The average molecular weight is 236 g/mol. The Bertz CT molecular complexity index is 467. The highest BCUT2D eigenvalue weighted by Crippen LogP contribution is 2.24. The number of rotatable bonds is 4. The maximum atomic E-state index is 10.6. The molecule has 0 heterocycles. The molecule has 6 nitrogen and oxygen atoms in total. The molecule has 0 spiro atoms. The Balaban J connectivity index is 2.93. The van der Waals surface area contributed by atoms with Crippen LogP contribution in [0, 0.1) is 11.3 Å². The molecule has 2 atom stereocenters. The van der Waals surface area contributed by atoms with Crippen LogP contribution in [0.25, 0.3) is 0 Å². The van der Waals surface area contributed by atoms with Gasteiger partial charge in [0.2, 0.25) is 5.91 Å². The Morgan fingerprint density at radius 1 is 1.47 bits per heavy atom. The van der Waals surface area contributed by atoms with Gasteiger partial charge in [0.05, 0.1) is 18.1 Å². The van der Waals surface area contributed by atoms with Gasteiger partial charge in [-0.2, -0.15) is 5.26 Å². The molecule has 0 aromatic heterocycles. The van der Waals surface area contributed by atoms with Crippen LogP contribution in [0.4, 0.5) is 0 Å². The van der Waals surface area contributed by atoms with Crippen molar-refractivity contribution in [3.05, 3.63) is 29.3 Å². The number of phenols is 1. The molecule has 1 aromatic rings. The van der Waals surface area contributed by atoms with Gasteiger partial charge in [0.1, 0.15) is 17.9 Å². The second-order valence-electron chi connectivity index (χ2n) is 3.57. The summed E-state index contributed by atoms with van der Waals surface area (Å²) in [7, 11) is 0. The van der Waals surface area contributed by atoms with Crippen LogP contribution < -0.4 is 5.73 Å². The van der Waals surface area contributed by atoms with E-state index < -0.39 is 18.1 Å². The molecule has 1 amide bonds. The van der Waals surface area contributed by atoms with Crippen molar-refractivity contribution < 1.29 is 20.1 Å². The molecule has 6 heteroatoms. The molecule has 0 bridgehead atoms. The average Bonchev–Trinajstić information content (AvgIpc) is 2.27. The number of aliphatic hydroxyl groups excluding tert-OH is 2. The first-order valence-corrected chi connectivity index (χ1v) is 4.83. The maximum Gasteiger partial charge on any atom is 0.220 e. The van der Waals surface area contributed by atoms with Crippen molar-refractivity contribution in [1.82, 2.24) is 0 Å². The van der Waals surface area contributed by atoms with Gasteiger partial charge < -0.3 is 21.1 Å². The van der Waals surface area contributed by atoms with Crippen LogP contribution in [0.5, 0.6) is 5.75 Å². The van der Waals surface area contributed by atoms with Crippen molar-refractivity contribution in [2.45, 2.75) is 18.6 Å². The summed E-state index contributed by atoms with van der Waals surface area (Å²) >= 11 is 0. The number of nitrogens with two attached hydrogens (primary N) is 1. The number of phenolic OH excluding ortho intramolecular Hbond substituents is 1.